The number of carbonyl (C=O) groups excluding carboxylic acids is 2. The van der Waals surface area contributed by atoms with Gasteiger partial charge in [-0.1, -0.05) is 66.1 Å². The Kier molecular flexibility index (Phi) is 7.24. The number of aryl methyl sites for hydroxylation is 1. The van der Waals surface area contributed by atoms with Gasteiger partial charge in [0.1, 0.15) is 6.33 Å². The fourth-order valence-corrected chi connectivity index (χ4v) is 4.33. The van der Waals surface area contributed by atoms with E-state index in [0.717, 1.165) is 22.0 Å². The fourth-order valence-electron chi connectivity index (χ4n) is 4.16. The number of H-pyrrole nitrogens is 1. The minimum Gasteiger partial charge on any atom is -0.335 e. The molecule has 9 nitrogen and oxygen atoms in total. The van der Waals surface area contributed by atoms with E-state index in [2.05, 4.69) is 42.9 Å². The number of fused-ring (bicyclic) bond motifs is 1. The summed E-state index contributed by atoms with van der Waals surface area (Å²) in [6.07, 6.45) is 1.83. The number of hydrogen-bond acceptors (Lipinski definition) is 6. The molecule has 188 valence electrons. The van der Waals surface area contributed by atoms with Crippen molar-refractivity contribution in [2.45, 2.75) is 25.8 Å². The maximum Gasteiger partial charge on any atom is 0.296 e. The molecule has 0 saturated heterocycles. The van der Waals surface area contributed by atoms with E-state index in [-0.39, 0.29) is 12.2 Å². The molecule has 2 N–H and O–H groups in total. The molecule has 0 spiro atoms. The normalized spacial score (nSPS) is 11.5. The van der Waals surface area contributed by atoms with E-state index in [1.54, 1.807) is 18.2 Å². The van der Waals surface area contributed by atoms with Crippen LogP contribution in [0.15, 0.2) is 73.1 Å². The largest absolute Gasteiger partial charge is 0.335 e. The Morgan fingerprint density at radius 3 is 2.74 bits per heavy atom. The maximum absolute atomic E-state index is 13.5. The van der Waals surface area contributed by atoms with Crippen LogP contribution in [0.2, 0.25) is 5.02 Å². The number of hydrogen-bond donors (Lipinski definition) is 2. The van der Waals surface area contributed by atoms with Crippen LogP contribution < -0.4 is 5.32 Å². The molecule has 5 aromatic rings. The Labute approximate surface area is 223 Å². The lowest BCUT2D eigenvalue weighted by Crippen LogP contribution is -2.42. The van der Waals surface area contributed by atoms with Crippen molar-refractivity contribution < 1.29 is 9.59 Å². The van der Waals surface area contributed by atoms with Gasteiger partial charge in [0.15, 0.2) is 5.78 Å². The second-order valence-electron chi connectivity index (χ2n) is 8.70. The van der Waals surface area contributed by atoms with Gasteiger partial charge in [0, 0.05) is 16.3 Å². The number of carbonyl (C=O) groups is 2. The molecular weight excluding hydrogens is 502 g/mol. The first-order valence-corrected chi connectivity index (χ1v) is 12.2. The highest BCUT2D eigenvalue weighted by atomic mass is 35.5. The third-order valence-corrected chi connectivity index (χ3v) is 6.29. The molecular formula is C28H22ClN7O2. The van der Waals surface area contributed by atoms with Crippen LogP contribution in [0, 0.1) is 18.8 Å². The lowest BCUT2D eigenvalue weighted by Gasteiger charge is -2.16. The minimum atomic E-state index is -0.791. The summed E-state index contributed by atoms with van der Waals surface area (Å²) in [4.78, 5) is 26.4. The predicted octanol–water partition coefficient (Wildman–Crippen LogP) is 3.39. The van der Waals surface area contributed by atoms with Gasteiger partial charge in [-0.05, 0) is 53.1 Å². The number of rotatable bonds is 7. The first-order chi connectivity index (χ1) is 18.5. The number of amides is 1. The third-order valence-electron chi connectivity index (χ3n) is 6.06. The van der Waals surface area contributed by atoms with Gasteiger partial charge in [-0.3, -0.25) is 14.7 Å². The summed E-state index contributed by atoms with van der Waals surface area (Å²) in [7, 11) is 0. The number of halogens is 1. The first kappa shape index (κ1) is 24.9. The Hall–Kier alpha value is -4.81. The van der Waals surface area contributed by atoms with Crippen molar-refractivity contribution >= 4 is 34.2 Å². The Balaban J connectivity index is 1.39. The minimum absolute atomic E-state index is 0.0862. The summed E-state index contributed by atoms with van der Waals surface area (Å²) in [6.45, 7) is 1.97. The van der Waals surface area contributed by atoms with Crippen molar-refractivity contribution in [3.8, 4) is 17.5 Å². The average molecular weight is 524 g/mol. The molecule has 3 aromatic carbocycles. The number of para-hydroxylation sites is 1. The molecule has 10 heteroatoms. The quantitative estimate of drug-likeness (QED) is 0.316. The van der Waals surface area contributed by atoms with Gasteiger partial charge < -0.3 is 5.32 Å². The lowest BCUT2D eigenvalue weighted by atomic mass is 9.98. The molecule has 0 aliphatic heterocycles. The van der Waals surface area contributed by atoms with Crippen LogP contribution >= 0.6 is 11.6 Å². The number of benzene rings is 3. The highest BCUT2D eigenvalue weighted by molar-refractivity contribution is 6.30. The molecule has 38 heavy (non-hydrogen) atoms. The zero-order chi connectivity index (χ0) is 26.5. The number of ketones is 1. The standard InChI is InChI=1S/C28H22ClN7O2/c1-18-6-5-9-22-23(32-33-28(18)22)16-26(37)24(14-19-7-3-2-4-8-19)31-27(38)13-10-20-15-21(29)11-12-25(20)36-17-30-34-35-36/h2-9,11-12,15,17,24H,14,16H2,1H3,(H,31,38)(H,32,33)/t24-/m0/s1. The van der Waals surface area contributed by atoms with Crippen molar-refractivity contribution in [2.75, 3.05) is 0 Å². The summed E-state index contributed by atoms with van der Waals surface area (Å²) in [5, 5.41) is 22.6. The molecule has 0 saturated carbocycles. The average Bonchev–Trinajstić information content (AvgIpc) is 3.59. The zero-order valence-electron chi connectivity index (χ0n) is 20.4. The van der Waals surface area contributed by atoms with Crippen molar-refractivity contribution in [2.24, 2.45) is 0 Å². The monoisotopic (exact) mass is 523 g/mol. The Bertz CT molecular complexity index is 1670. The molecule has 5 rings (SSSR count). The van der Waals surface area contributed by atoms with Crippen molar-refractivity contribution in [3.05, 3.63) is 100 Å². The number of Topliss-reactive ketones (excluding diaryl/α,β-unsaturated/α-hetero) is 1. The third kappa shape index (κ3) is 5.61. The van der Waals surface area contributed by atoms with E-state index in [0.29, 0.717) is 28.4 Å². The second kappa shape index (κ2) is 11.1. The second-order valence-corrected chi connectivity index (χ2v) is 9.13. The SMILES string of the molecule is Cc1cccc2c(CC(=O)[C@H](Cc3ccccc3)NC(=O)C#Cc3cc(Cl)ccc3-n3cnnn3)[nH]nc12. The zero-order valence-corrected chi connectivity index (χ0v) is 21.1. The van der Waals surface area contributed by atoms with E-state index in [1.807, 2.05) is 55.5 Å². The lowest BCUT2D eigenvalue weighted by molar-refractivity contribution is -0.124. The van der Waals surface area contributed by atoms with Gasteiger partial charge in [0.2, 0.25) is 0 Å². The fraction of sp³-hybridized carbons (Fsp3) is 0.143. The van der Waals surface area contributed by atoms with Gasteiger partial charge >= 0.3 is 0 Å². The number of aromatic amines is 1. The Morgan fingerprint density at radius 1 is 1.11 bits per heavy atom. The highest BCUT2D eigenvalue weighted by Gasteiger charge is 2.23. The molecule has 0 aliphatic rings. The van der Waals surface area contributed by atoms with E-state index in [1.165, 1.54) is 11.0 Å². The molecule has 0 radical (unpaired) electrons. The topological polar surface area (TPSA) is 118 Å². The molecule has 0 fully saturated rings. The van der Waals surface area contributed by atoms with Gasteiger partial charge in [-0.25, -0.2) is 0 Å². The molecule has 0 aliphatic carbocycles. The van der Waals surface area contributed by atoms with Crippen LogP contribution in [-0.4, -0.2) is 48.1 Å². The molecule has 2 aromatic heterocycles. The van der Waals surface area contributed by atoms with E-state index in [9.17, 15) is 9.59 Å². The molecule has 1 amide bonds. The predicted molar refractivity (Wildman–Crippen MR) is 143 cm³/mol. The maximum atomic E-state index is 13.5. The van der Waals surface area contributed by atoms with Crippen LogP contribution in [0.4, 0.5) is 0 Å². The van der Waals surface area contributed by atoms with Crippen molar-refractivity contribution in [1.82, 2.24) is 35.7 Å². The molecule has 1 atom stereocenters. The van der Waals surface area contributed by atoms with Crippen LogP contribution in [0.25, 0.3) is 16.6 Å². The van der Waals surface area contributed by atoms with Crippen molar-refractivity contribution in [1.29, 1.82) is 0 Å². The molecule has 0 unspecified atom stereocenters. The van der Waals surface area contributed by atoms with Crippen molar-refractivity contribution in [3.63, 3.8) is 0 Å². The van der Waals surface area contributed by atoms with Gasteiger partial charge in [-0.2, -0.15) is 9.78 Å². The first-order valence-electron chi connectivity index (χ1n) is 11.8. The summed E-state index contributed by atoms with van der Waals surface area (Å²) >= 11 is 6.15. The van der Waals surface area contributed by atoms with Crippen LogP contribution in [-0.2, 0) is 22.4 Å². The van der Waals surface area contributed by atoms with Gasteiger partial charge in [-0.15, -0.1) is 5.10 Å². The summed E-state index contributed by atoms with van der Waals surface area (Å²) in [5.74, 6) is 4.67. The number of nitrogens with zero attached hydrogens (tertiary/aromatic N) is 5. The highest BCUT2D eigenvalue weighted by Crippen LogP contribution is 2.21. The molecule has 2 heterocycles. The van der Waals surface area contributed by atoms with Gasteiger partial charge in [0.25, 0.3) is 5.91 Å². The summed E-state index contributed by atoms with van der Waals surface area (Å²) in [6, 6.07) is 19.6. The summed E-state index contributed by atoms with van der Waals surface area (Å²) in [5.41, 5.74) is 4.49. The number of aromatic nitrogens is 6. The smallest absolute Gasteiger partial charge is 0.296 e. The number of tetrazole rings is 1. The summed E-state index contributed by atoms with van der Waals surface area (Å²) < 4.78 is 1.43. The Morgan fingerprint density at radius 2 is 1.95 bits per heavy atom. The number of nitrogens with one attached hydrogen (secondary N) is 2. The van der Waals surface area contributed by atoms with E-state index in [4.69, 9.17) is 11.6 Å². The van der Waals surface area contributed by atoms with Gasteiger partial charge in [0.05, 0.1) is 34.9 Å². The van der Waals surface area contributed by atoms with Crippen LogP contribution in [0.1, 0.15) is 22.4 Å². The van der Waals surface area contributed by atoms with Crippen LogP contribution in [0.3, 0.4) is 0 Å². The van der Waals surface area contributed by atoms with E-state index >= 15 is 0 Å². The van der Waals surface area contributed by atoms with Crippen LogP contribution in [0.5, 0.6) is 0 Å². The molecule has 0 bridgehead atoms. The van der Waals surface area contributed by atoms with E-state index < -0.39 is 11.9 Å².